The lowest BCUT2D eigenvalue weighted by Gasteiger charge is -2.56. The highest BCUT2D eigenvalue weighted by atomic mass is 127. The average molecular weight is 628 g/mol. The summed E-state index contributed by atoms with van der Waals surface area (Å²) in [6.45, 7) is 11.6. The van der Waals surface area contributed by atoms with Gasteiger partial charge in [-0.1, -0.05) is 31.9 Å². The standard InChI is InChI=1S/C31H50NO4.HI/c1-5-32(6-2,23-10-8-7-9-11-23)21-35-29(34)36-24-16-18-30(3)22(20-24)12-13-25-26-14-15-28(33)31(26,4)19-17-27(25)30;/h12,23-27H,5-11,13-21H2,1-4H3;1H/q+1;/p-1/t24-,25-,26-,27-,30-,31-;/m0./s1. The number of quaternary nitrogens is 1. The van der Waals surface area contributed by atoms with Gasteiger partial charge < -0.3 is 33.5 Å². The van der Waals surface area contributed by atoms with Gasteiger partial charge in [-0.3, -0.25) is 9.28 Å². The number of hydrogen-bond donors (Lipinski definition) is 0. The van der Waals surface area contributed by atoms with Crippen LogP contribution in [0.1, 0.15) is 111 Å². The molecule has 0 N–H and O–H groups in total. The van der Waals surface area contributed by atoms with Crippen molar-refractivity contribution >= 4 is 11.9 Å². The average Bonchev–Trinajstić information content (AvgIpc) is 3.20. The summed E-state index contributed by atoms with van der Waals surface area (Å²) in [5, 5.41) is 0. The highest BCUT2D eigenvalue weighted by Crippen LogP contribution is 2.64. The molecule has 0 spiro atoms. The minimum Gasteiger partial charge on any atom is -1.00 e. The molecule has 4 saturated carbocycles. The third kappa shape index (κ3) is 5.16. The molecule has 5 aliphatic carbocycles. The first-order valence-electron chi connectivity index (χ1n) is 15.2. The van der Waals surface area contributed by atoms with Crippen molar-refractivity contribution in [1.29, 1.82) is 0 Å². The molecule has 6 heteroatoms. The molecule has 5 nitrogen and oxygen atoms in total. The second-order valence-electron chi connectivity index (χ2n) is 13.3. The third-order valence-corrected chi connectivity index (χ3v) is 12.1. The Kier molecular flexibility index (Phi) is 9.10. The predicted octanol–water partition coefficient (Wildman–Crippen LogP) is 4.19. The van der Waals surface area contributed by atoms with Crippen LogP contribution in [0.3, 0.4) is 0 Å². The summed E-state index contributed by atoms with van der Waals surface area (Å²) in [6.07, 6.45) is 16.3. The summed E-state index contributed by atoms with van der Waals surface area (Å²) >= 11 is 0. The van der Waals surface area contributed by atoms with Gasteiger partial charge in [-0.25, -0.2) is 4.79 Å². The van der Waals surface area contributed by atoms with E-state index in [1.807, 2.05) is 0 Å². The van der Waals surface area contributed by atoms with Gasteiger partial charge in [0, 0.05) is 18.3 Å². The lowest BCUT2D eigenvalue weighted by atomic mass is 9.48. The van der Waals surface area contributed by atoms with Crippen molar-refractivity contribution in [3.8, 4) is 0 Å². The van der Waals surface area contributed by atoms with Crippen LogP contribution in [0.5, 0.6) is 0 Å². The number of hydrogen-bond acceptors (Lipinski definition) is 4. The van der Waals surface area contributed by atoms with Crippen LogP contribution in [0.25, 0.3) is 0 Å². The smallest absolute Gasteiger partial charge is 0.512 e. The summed E-state index contributed by atoms with van der Waals surface area (Å²) in [5.41, 5.74) is 1.61. The Morgan fingerprint density at radius 2 is 1.65 bits per heavy atom. The second kappa shape index (κ2) is 11.5. The Hall–Kier alpha value is -0.630. The van der Waals surface area contributed by atoms with Crippen LogP contribution < -0.4 is 24.0 Å². The van der Waals surface area contributed by atoms with E-state index in [1.54, 1.807) is 0 Å². The maximum absolute atomic E-state index is 12.8. The Labute approximate surface area is 242 Å². The molecular weight excluding hydrogens is 577 g/mol. The largest absolute Gasteiger partial charge is 1.00 e. The van der Waals surface area contributed by atoms with Crippen LogP contribution in [-0.4, -0.2) is 48.4 Å². The number of ketones is 1. The molecule has 4 fully saturated rings. The predicted molar refractivity (Wildman–Crippen MR) is 141 cm³/mol. The molecule has 5 rings (SSSR count). The molecule has 0 aliphatic heterocycles. The van der Waals surface area contributed by atoms with Crippen LogP contribution in [0, 0.1) is 28.6 Å². The first-order valence-corrected chi connectivity index (χ1v) is 15.2. The van der Waals surface area contributed by atoms with E-state index in [0.29, 0.717) is 36.3 Å². The summed E-state index contributed by atoms with van der Waals surface area (Å²) in [5.74, 6) is 2.37. The van der Waals surface area contributed by atoms with Crippen LogP contribution in [0.2, 0.25) is 0 Å². The molecule has 0 aromatic heterocycles. The van der Waals surface area contributed by atoms with Gasteiger partial charge in [-0.15, -0.1) is 0 Å². The van der Waals surface area contributed by atoms with Crippen molar-refractivity contribution in [3.63, 3.8) is 0 Å². The van der Waals surface area contributed by atoms with Crippen molar-refractivity contribution in [2.24, 2.45) is 28.6 Å². The molecule has 37 heavy (non-hydrogen) atoms. The Morgan fingerprint density at radius 3 is 2.35 bits per heavy atom. The normalized spacial score (nSPS) is 37.9. The van der Waals surface area contributed by atoms with Crippen LogP contribution in [0.4, 0.5) is 4.79 Å². The van der Waals surface area contributed by atoms with Gasteiger partial charge in [0.25, 0.3) is 0 Å². The maximum atomic E-state index is 12.8. The highest BCUT2D eigenvalue weighted by Gasteiger charge is 2.58. The zero-order valence-corrected chi connectivity index (χ0v) is 25.9. The Morgan fingerprint density at radius 1 is 0.973 bits per heavy atom. The van der Waals surface area contributed by atoms with E-state index in [9.17, 15) is 9.59 Å². The fraction of sp³-hybridized carbons (Fsp3) is 0.871. The first-order chi connectivity index (χ1) is 17.3. The number of fused-ring (bicyclic) bond motifs is 5. The molecule has 210 valence electrons. The number of ether oxygens (including phenoxy) is 2. The molecule has 0 aromatic carbocycles. The minimum atomic E-state index is -0.476. The van der Waals surface area contributed by atoms with Crippen molar-refractivity contribution in [2.75, 3.05) is 19.8 Å². The van der Waals surface area contributed by atoms with Gasteiger partial charge >= 0.3 is 6.16 Å². The highest BCUT2D eigenvalue weighted by molar-refractivity contribution is 5.87. The van der Waals surface area contributed by atoms with E-state index in [-0.39, 0.29) is 40.9 Å². The zero-order valence-electron chi connectivity index (χ0n) is 23.7. The molecule has 0 saturated heterocycles. The van der Waals surface area contributed by atoms with E-state index in [0.717, 1.165) is 62.5 Å². The summed E-state index contributed by atoms with van der Waals surface area (Å²) in [7, 11) is 0. The molecule has 6 atom stereocenters. The van der Waals surface area contributed by atoms with Gasteiger partial charge in [0.15, 0.2) is 0 Å². The van der Waals surface area contributed by atoms with E-state index >= 15 is 0 Å². The Balaban J connectivity index is 0.00000320. The molecule has 0 bridgehead atoms. The third-order valence-electron chi connectivity index (χ3n) is 12.1. The quantitative estimate of drug-likeness (QED) is 0.146. The van der Waals surface area contributed by atoms with Crippen molar-refractivity contribution in [2.45, 2.75) is 123 Å². The lowest BCUT2D eigenvalue weighted by Crippen LogP contribution is -3.00. The SMILES string of the molecule is CC[N+](CC)(COC(=O)O[C@H]1CC[C@@]2(C)C(=CC[C@@H]3[C@@H]2CC[C@]2(C)C(=O)CC[C@@H]32)C1)C1CCCCC1.[I-]. The number of carbonyl (C=O) groups is 2. The van der Waals surface area contributed by atoms with Crippen LogP contribution >= 0.6 is 0 Å². The van der Waals surface area contributed by atoms with Crippen LogP contribution in [-0.2, 0) is 14.3 Å². The summed E-state index contributed by atoms with van der Waals surface area (Å²) in [4.78, 5) is 25.5. The molecule has 0 radical (unpaired) electrons. The van der Waals surface area contributed by atoms with Crippen LogP contribution in [0.15, 0.2) is 11.6 Å². The molecular formula is C31H50INO4. The van der Waals surface area contributed by atoms with Gasteiger partial charge in [0.1, 0.15) is 11.9 Å². The minimum absolute atomic E-state index is 0. The van der Waals surface area contributed by atoms with E-state index in [1.165, 1.54) is 44.1 Å². The monoisotopic (exact) mass is 627 g/mol. The van der Waals surface area contributed by atoms with E-state index in [4.69, 9.17) is 9.47 Å². The molecule has 0 aromatic rings. The molecule has 0 heterocycles. The zero-order chi connectivity index (χ0) is 25.6. The van der Waals surface area contributed by atoms with Gasteiger partial charge in [0.2, 0.25) is 6.73 Å². The summed E-state index contributed by atoms with van der Waals surface area (Å²) in [6, 6.07) is 0.602. The van der Waals surface area contributed by atoms with Gasteiger partial charge in [-0.2, -0.15) is 0 Å². The Bertz CT molecular complexity index is 878. The number of Topliss-reactive ketones (excluding diaryl/α,β-unsaturated/α-hetero) is 1. The maximum Gasteiger partial charge on any atom is 0.512 e. The fourth-order valence-corrected chi connectivity index (χ4v) is 9.51. The number of allylic oxidation sites excluding steroid dienone is 1. The second-order valence-corrected chi connectivity index (χ2v) is 13.3. The number of nitrogens with zero attached hydrogens (tertiary/aromatic N) is 1. The van der Waals surface area contributed by atoms with Gasteiger partial charge in [0.05, 0.1) is 19.1 Å². The number of halogens is 1. The van der Waals surface area contributed by atoms with Crippen molar-refractivity contribution in [3.05, 3.63) is 11.6 Å². The van der Waals surface area contributed by atoms with E-state index < -0.39 is 6.16 Å². The fourth-order valence-electron chi connectivity index (χ4n) is 9.51. The number of carbonyl (C=O) groups excluding carboxylic acids is 2. The molecule has 0 amide bonds. The first kappa shape index (κ1) is 29.4. The van der Waals surface area contributed by atoms with Gasteiger partial charge in [-0.05, 0) is 101 Å². The lowest BCUT2D eigenvalue weighted by molar-refractivity contribution is -0.964. The van der Waals surface area contributed by atoms with Crippen molar-refractivity contribution in [1.82, 2.24) is 0 Å². The number of rotatable bonds is 6. The molecule has 5 aliphatic rings. The van der Waals surface area contributed by atoms with E-state index in [2.05, 4.69) is 33.8 Å². The van der Waals surface area contributed by atoms with Crippen molar-refractivity contribution < 1.29 is 47.5 Å². The molecule has 0 unspecified atom stereocenters. The summed E-state index contributed by atoms with van der Waals surface area (Å²) < 4.78 is 12.6. The topological polar surface area (TPSA) is 52.6 Å².